The summed E-state index contributed by atoms with van der Waals surface area (Å²) >= 11 is 0. The Morgan fingerprint density at radius 1 is 0.274 bits per heavy atom. The molecule has 0 N–H and O–H groups in total. The van der Waals surface area contributed by atoms with E-state index in [-0.39, 0.29) is 0 Å². The molecule has 2 aromatic heterocycles. The molecule has 1 aliphatic heterocycles. The van der Waals surface area contributed by atoms with E-state index in [4.69, 9.17) is 13.6 Å². The molecule has 3 heterocycles. The van der Waals surface area contributed by atoms with Gasteiger partial charge in [-0.15, -0.1) is 0 Å². The Bertz CT molecular complexity index is 4500. The first kappa shape index (κ1) is 41.0. The van der Waals surface area contributed by atoms with E-state index >= 15 is 0 Å². The van der Waals surface area contributed by atoms with Gasteiger partial charge in [0.2, 0.25) is 0 Å². The summed E-state index contributed by atoms with van der Waals surface area (Å²) in [6, 6.07) is 90.2. The highest BCUT2D eigenvalue weighted by Crippen LogP contribution is 2.53. The van der Waals surface area contributed by atoms with Crippen molar-refractivity contribution in [3.05, 3.63) is 255 Å². The average Bonchev–Trinajstić information content (AvgIpc) is 4.04. The molecule has 5 heteroatoms. The summed E-state index contributed by atoms with van der Waals surface area (Å²) in [4.78, 5) is 4.69. The van der Waals surface area contributed by atoms with Crippen molar-refractivity contribution in [2.75, 3.05) is 9.80 Å². The van der Waals surface area contributed by atoms with Crippen molar-refractivity contribution < 1.29 is 13.6 Å². The molecule has 0 amide bonds. The molecule has 1 aliphatic rings. The van der Waals surface area contributed by atoms with Crippen LogP contribution < -0.4 is 14.5 Å². The molecule has 0 atom stereocenters. The molecule has 73 heavy (non-hydrogen) atoms. The van der Waals surface area contributed by atoms with Gasteiger partial charge in [-0.1, -0.05) is 176 Å². The third-order valence-corrected chi connectivity index (χ3v) is 14.6. The number of rotatable bonds is 8. The monoisotopic (exact) mass is 934 g/mol. The van der Waals surface area contributed by atoms with Crippen LogP contribution in [0.15, 0.2) is 264 Å². The summed E-state index contributed by atoms with van der Waals surface area (Å²) in [5.74, 6) is 1.61. The predicted molar refractivity (Wildman–Crippen MR) is 302 cm³/mol. The average molecular weight is 935 g/mol. The number of ether oxygens (including phenoxy) is 1. The van der Waals surface area contributed by atoms with E-state index in [0.717, 1.165) is 144 Å². The van der Waals surface area contributed by atoms with Crippen LogP contribution in [0.25, 0.3) is 98.8 Å². The number of benzene rings is 12. The third-order valence-electron chi connectivity index (χ3n) is 14.6. The van der Waals surface area contributed by atoms with Crippen molar-refractivity contribution in [2.24, 2.45) is 0 Å². The smallest absolute Gasteiger partial charge is 0.159 e. The number of nitrogens with zero attached hydrogens (tertiary/aromatic N) is 2. The lowest BCUT2D eigenvalue weighted by atomic mass is 9.90. The Balaban J connectivity index is 0.910. The fourth-order valence-corrected chi connectivity index (χ4v) is 11.4. The van der Waals surface area contributed by atoms with E-state index in [1.165, 1.54) is 0 Å². The first-order chi connectivity index (χ1) is 36.2. The maximum absolute atomic E-state index is 7.10. The zero-order chi connectivity index (χ0) is 48.0. The number of furan rings is 2. The molecule has 0 spiro atoms. The summed E-state index contributed by atoms with van der Waals surface area (Å²) in [5.41, 5.74) is 16.0. The molecule has 0 radical (unpaired) electrons. The number of para-hydroxylation sites is 6. The van der Waals surface area contributed by atoms with Crippen molar-refractivity contribution in [3.63, 3.8) is 0 Å². The molecule has 14 aromatic rings. The van der Waals surface area contributed by atoms with Crippen molar-refractivity contribution in [3.8, 4) is 44.9 Å². The van der Waals surface area contributed by atoms with Crippen LogP contribution in [-0.4, -0.2) is 0 Å². The molecule has 342 valence electrons. The van der Waals surface area contributed by atoms with Gasteiger partial charge in [0, 0.05) is 55.4 Å². The lowest BCUT2D eigenvalue weighted by molar-refractivity contribution is 0.487. The summed E-state index contributed by atoms with van der Waals surface area (Å²) < 4.78 is 20.6. The van der Waals surface area contributed by atoms with Crippen LogP contribution in [0.3, 0.4) is 0 Å². The van der Waals surface area contributed by atoms with Gasteiger partial charge in [0.05, 0.1) is 28.4 Å². The Labute approximate surface area is 420 Å². The van der Waals surface area contributed by atoms with Gasteiger partial charge in [0.25, 0.3) is 0 Å². The van der Waals surface area contributed by atoms with E-state index < -0.39 is 0 Å². The molecule has 15 rings (SSSR count). The van der Waals surface area contributed by atoms with Gasteiger partial charge in [-0.2, -0.15) is 0 Å². The fraction of sp³-hybridized carbons (Fsp3) is 0. The minimum Gasteiger partial charge on any atom is -0.456 e. The molecule has 5 nitrogen and oxygen atoms in total. The quantitative estimate of drug-likeness (QED) is 0.142. The second kappa shape index (κ2) is 16.4. The van der Waals surface area contributed by atoms with Gasteiger partial charge < -0.3 is 23.4 Å². The number of anilines is 6. The molecule has 0 fully saturated rings. The Morgan fingerprint density at radius 2 is 0.753 bits per heavy atom. The second-order valence-electron chi connectivity index (χ2n) is 18.7. The van der Waals surface area contributed by atoms with E-state index in [1.54, 1.807) is 0 Å². The van der Waals surface area contributed by atoms with Crippen LogP contribution in [0.4, 0.5) is 34.1 Å². The zero-order valence-electron chi connectivity index (χ0n) is 39.4. The number of fused-ring (bicyclic) bond motifs is 10. The summed E-state index contributed by atoms with van der Waals surface area (Å²) in [7, 11) is 0. The summed E-state index contributed by atoms with van der Waals surface area (Å²) in [6.45, 7) is 0. The van der Waals surface area contributed by atoms with E-state index in [9.17, 15) is 0 Å². The largest absolute Gasteiger partial charge is 0.456 e. The van der Waals surface area contributed by atoms with Crippen molar-refractivity contribution >= 4 is 99.5 Å². The van der Waals surface area contributed by atoms with Crippen LogP contribution in [0.2, 0.25) is 0 Å². The van der Waals surface area contributed by atoms with Crippen molar-refractivity contribution in [1.29, 1.82) is 0 Å². The molecular weight excluding hydrogens is 893 g/mol. The van der Waals surface area contributed by atoms with Gasteiger partial charge >= 0.3 is 0 Å². The highest BCUT2D eigenvalue weighted by Gasteiger charge is 2.28. The summed E-state index contributed by atoms with van der Waals surface area (Å²) in [5, 5.41) is 8.78. The SMILES string of the molecule is c1ccc(-c2ccccc2N(c2ccc3c(c2)Oc2cccc4c2c-3cc2ccc(N(c3ccccc3-c3ccccc3)c3cccc5c3oc3ccccc35)cc24)c2cccc3c2oc2ccccc23)cc1. The molecule has 0 bridgehead atoms. The highest BCUT2D eigenvalue weighted by atomic mass is 16.5. The minimum atomic E-state index is 0.787. The lowest BCUT2D eigenvalue weighted by Gasteiger charge is -2.30. The molecule has 0 saturated carbocycles. The van der Waals surface area contributed by atoms with Crippen molar-refractivity contribution in [2.45, 2.75) is 0 Å². The molecule has 0 unspecified atom stereocenters. The van der Waals surface area contributed by atoms with Gasteiger partial charge in [-0.25, -0.2) is 0 Å². The minimum absolute atomic E-state index is 0.787. The third kappa shape index (κ3) is 6.49. The predicted octanol–water partition coefficient (Wildman–Crippen LogP) is 19.8. The van der Waals surface area contributed by atoms with Gasteiger partial charge in [0.15, 0.2) is 11.2 Å². The highest BCUT2D eigenvalue weighted by molar-refractivity contribution is 6.19. The summed E-state index contributed by atoms with van der Waals surface area (Å²) in [6.07, 6.45) is 0. The van der Waals surface area contributed by atoms with Crippen LogP contribution in [0.5, 0.6) is 11.5 Å². The maximum Gasteiger partial charge on any atom is 0.159 e. The van der Waals surface area contributed by atoms with E-state index in [0.29, 0.717) is 0 Å². The van der Waals surface area contributed by atoms with Crippen LogP contribution >= 0.6 is 0 Å². The Morgan fingerprint density at radius 3 is 1.37 bits per heavy atom. The van der Waals surface area contributed by atoms with Gasteiger partial charge in [-0.05, 0) is 106 Å². The lowest BCUT2D eigenvalue weighted by Crippen LogP contribution is -2.12. The van der Waals surface area contributed by atoms with Gasteiger partial charge in [0.1, 0.15) is 22.7 Å². The fourth-order valence-electron chi connectivity index (χ4n) is 11.4. The first-order valence-corrected chi connectivity index (χ1v) is 24.7. The van der Waals surface area contributed by atoms with E-state index in [1.807, 2.05) is 24.3 Å². The first-order valence-electron chi connectivity index (χ1n) is 24.7. The molecule has 12 aromatic carbocycles. The Hall–Kier alpha value is -9.84. The normalized spacial score (nSPS) is 11.9. The molecule has 0 saturated heterocycles. The maximum atomic E-state index is 7.10. The van der Waals surface area contributed by atoms with Crippen LogP contribution in [0, 0.1) is 0 Å². The van der Waals surface area contributed by atoms with Gasteiger partial charge in [-0.3, -0.25) is 0 Å². The molecular formula is C68H42N2O3. The number of hydrogen-bond acceptors (Lipinski definition) is 5. The Kier molecular flexibility index (Phi) is 9.19. The second-order valence-corrected chi connectivity index (χ2v) is 18.7. The topological polar surface area (TPSA) is 42.0 Å². The number of hydrogen-bond donors (Lipinski definition) is 0. The van der Waals surface area contributed by atoms with Crippen LogP contribution in [-0.2, 0) is 0 Å². The van der Waals surface area contributed by atoms with Crippen LogP contribution in [0.1, 0.15) is 0 Å². The molecule has 0 aliphatic carbocycles. The van der Waals surface area contributed by atoms with Crippen molar-refractivity contribution in [1.82, 2.24) is 0 Å². The standard InChI is InChI=1S/C68H42N2O3/c1-3-18-43(19-4-1)48-22-7-11-29-58(48)69(60-31-15-27-54-50-24-9-13-33-62(50)72-67(54)60)46-37-36-45-40-57-52-39-38-47(42-65(52)71-64-35-17-26-53(66(57)64)56(45)41-46)70(59-30-12-8-23-49(59)44-20-5-2-6-21-44)61-32-16-28-55-51-25-10-14-34-63(51)73-68(55)61/h1-42H. The zero-order valence-corrected chi connectivity index (χ0v) is 39.4. The van der Waals surface area contributed by atoms with E-state index in [2.05, 4.69) is 240 Å².